The molecule has 0 saturated carbocycles. The van der Waals surface area contributed by atoms with Gasteiger partial charge in [-0.3, -0.25) is 9.69 Å². The van der Waals surface area contributed by atoms with E-state index in [-0.39, 0.29) is 24.0 Å². The van der Waals surface area contributed by atoms with Crippen LogP contribution in [0.2, 0.25) is 0 Å². The first-order valence-electron chi connectivity index (χ1n) is 8.11. The number of amides is 3. The number of fused-ring (bicyclic) bond motifs is 1. The summed E-state index contributed by atoms with van der Waals surface area (Å²) in [4.78, 5) is 30.9. The first kappa shape index (κ1) is 14.9. The van der Waals surface area contributed by atoms with Crippen molar-refractivity contribution in [2.75, 3.05) is 24.5 Å². The summed E-state index contributed by atoms with van der Waals surface area (Å²) in [5.41, 5.74) is 0.913. The van der Waals surface area contributed by atoms with Gasteiger partial charge < -0.3 is 9.80 Å². The molecule has 2 saturated heterocycles. The number of likely N-dealkylation sites (N-methyl/N-ethyl adjacent to an activating group) is 1. The number of anilines is 1. The minimum atomic E-state index is -0.286. The van der Waals surface area contributed by atoms with Gasteiger partial charge >= 0.3 is 6.03 Å². The molecule has 0 aliphatic carbocycles. The van der Waals surface area contributed by atoms with Crippen LogP contribution in [0, 0.1) is 0 Å². The van der Waals surface area contributed by atoms with E-state index >= 15 is 0 Å². The summed E-state index contributed by atoms with van der Waals surface area (Å²) in [6.45, 7) is 6.04. The Morgan fingerprint density at radius 2 is 1.86 bits per heavy atom. The van der Waals surface area contributed by atoms with Crippen LogP contribution < -0.4 is 4.90 Å². The van der Waals surface area contributed by atoms with Gasteiger partial charge in [-0.15, -0.1) is 0 Å². The van der Waals surface area contributed by atoms with Crippen LogP contribution in [0.3, 0.4) is 0 Å². The summed E-state index contributed by atoms with van der Waals surface area (Å²) in [5.74, 6) is 0.0933. The maximum absolute atomic E-state index is 12.8. The second kappa shape index (κ2) is 5.99. The smallest absolute Gasteiger partial charge is 0.325 e. The molecule has 22 heavy (non-hydrogen) atoms. The lowest BCUT2D eigenvalue weighted by atomic mass is 10.1. The van der Waals surface area contributed by atoms with Crippen molar-refractivity contribution >= 4 is 17.6 Å². The maximum Gasteiger partial charge on any atom is 0.325 e. The molecule has 5 nitrogen and oxygen atoms in total. The molecule has 2 heterocycles. The van der Waals surface area contributed by atoms with Crippen LogP contribution in [0.15, 0.2) is 30.3 Å². The van der Waals surface area contributed by atoms with Crippen molar-refractivity contribution in [2.45, 2.75) is 38.8 Å². The molecule has 0 spiro atoms. The van der Waals surface area contributed by atoms with Gasteiger partial charge in [-0.2, -0.15) is 0 Å². The first-order valence-corrected chi connectivity index (χ1v) is 8.11. The third kappa shape index (κ3) is 2.34. The molecule has 5 heteroatoms. The number of hydrogen-bond donors (Lipinski definition) is 0. The lowest BCUT2D eigenvalue weighted by molar-refractivity contribution is -0.134. The van der Waals surface area contributed by atoms with Gasteiger partial charge in [0, 0.05) is 25.3 Å². The molecule has 1 aromatic carbocycles. The van der Waals surface area contributed by atoms with Crippen LogP contribution >= 0.6 is 0 Å². The van der Waals surface area contributed by atoms with Crippen LogP contribution in [-0.2, 0) is 4.79 Å². The molecule has 3 amide bonds. The summed E-state index contributed by atoms with van der Waals surface area (Å²) >= 11 is 0. The van der Waals surface area contributed by atoms with Crippen molar-refractivity contribution in [3.63, 3.8) is 0 Å². The van der Waals surface area contributed by atoms with Gasteiger partial charge in [0.1, 0.15) is 6.04 Å². The molecule has 0 aromatic heterocycles. The van der Waals surface area contributed by atoms with Crippen LogP contribution in [0.4, 0.5) is 10.5 Å². The minimum Gasteiger partial charge on any atom is -0.341 e. The number of benzene rings is 1. The average molecular weight is 301 g/mol. The average Bonchev–Trinajstić information content (AvgIpc) is 3.10. The normalized spacial score (nSPS) is 23.8. The topological polar surface area (TPSA) is 43.9 Å². The van der Waals surface area contributed by atoms with Crippen molar-refractivity contribution in [1.29, 1.82) is 0 Å². The van der Waals surface area contributed by atoms with Crippen molar-refractivity contribution in [3.05, 3.63) is 30.3 Å². The van der Waals surface area contributed by atoms with Crippen LogP contribution in [0.5, 0.6) is 0 Å². The predicted molar refractivity (Wildman–Crippen MR) is 85.8 cm³/mol. The Kier molecular flexibility index (Phi) is 4.05. The van der Waals surface area contributed by atoms with Gasteiger partial charge in [0.15, 0.2) is 0 Å². The number of urea groups is 1. The summed E-state index contributed by atoms with van der Waals surface area (Å²) < 4.78 is 0. The maximum atomic E-state index is 12.8. The van der Waals surface area contributed by atoms with Gasteiger partial charge in [-0.25, -0.2) is 4.79 Å². The van der Waals surface area contributed by atoms with Crippen molar-refractivity contribution < 1.29 is 9.59 Å². The second-order valence-corrected chi connectivity index (χ2v) is 5.89. The fourth-order valence-corrected chi connectivity index (χ4v) is 3.59. The Labute approximate surface area is 131 Å². The largest absolute Gasteiger partial charge is 0.341 e. The zero-order valence-corrected chi connectivity index (χ0v) is 13.2. The number of rotatable bonds is 4. The summed E-state index contributed by atoms with van der Waals surface area (Å²) in [6.07, 6.45) is 1.70. The monoisotopic (exact) mass is 301 g/mol. The van der Waals surface area contributed by atoms with E-state index in [4.69, 9.17) is 0 Å². The lowest BCUT2D eigenvalue weighted by Crippen LogP contribution is -2.48. The fraction of sp³-hybridized carbons (Fsp3) is 0.529. The van der Waals surface area contributed by atoms with Crippen LogP contribution in [-0.4, -0.2) is 53.5 Å². The third-order valence-electron chi connectivity index (χ3n) is 4.78. The number of para-hydroxylation sites is 1. The number of nitrogens with zero attached hydrogens (tertiary/aromatic N) is 3. The highest BCUT2D eigenvalue weighted by atomic mass is 16.2. The SMILES string of the molecule is CCN(CC)C(=O)[C@@H]1CC[C@@H]2CN(c3ccccc3)C(=O)N21. The van der Waals surface area contributed by atoms with Crippen molar-refractivity contribution in [2.24, 2.45) is 0 Å². The molecule has 0 radical (unpaired) electrons. The van der Waals surface area contributed by atoms with Gasteiger partial charge in [-0.1, -0.05) is 18.2 Å². The molecular formula is C17H23N3O2. The molecule has 0 bridgehead atoms. The Balaban J connectivity index is 1.80. The van der Waals surface area contributed by atoms with Gasteiger partial charge in [-0.05, 0) is 38.8 Å². The van der Waals surface area contributed by atoms with E-state index in [0.717, 1.165) is 18.5 Å². The van der Waals surface area contributed by atoms with Crippen LogP contribution in [0.1, 0.15) is 26.7 Å². The van der Waals surface area contributed by atoms with E-state index in [1.807, 2.05) is 54.0 Å². The van der Waals surface area contributed by atoms with Crippen molar-refractivity contribution in [3.8, 4) is 0 Å². The van der Waals surface area contributed by atoms with E-state index in [0.29, 0.717) is 19.6 Å². The zero-order chi connectivity index (χ0) is 15.7. The molecule has 0 unspecified atom stereocenters. The van der Waals surface area contributed by atoms with Gasteiger partial charge in [0.2, 0.25) is 5.91 Å². The highest BCUT2D eigenvalue weighted by Gasteiger charge is 2.49. The summed E-state index contributed by atoms with van der Waals surface area (Å²) in [5, 5.41) is 0. The quantitative estimate of drug-likeness (QED) is 0.856. The van der Waals surface area contributed by atoms with E-state index in [1.165, 1.54) is 0 Å². The Hall–Kier alpha value is -2.04. The standard InChI is InChI=1S/C17H23N3O2/c1-3-18(4-2)16(21)15-11-10-14-12-19(17(22)20(14)15)13-8-6-5-7-9-13/h5-9,14-15H,3-4,10-12H2,1-2H3/t14-,15+/m1/s1. The number of carbonyl (C=O) groups excluding carboxylic acids is 2. The van der Waals surface area contributed by atoms with Crippen LogP contribution in [0.25, 0.3) is 0 Å². The lowest BCUT2D eigenvalue weighted by Gasteiger charge is -2.28. The highest BCUT2D eigenvalue weighted by molar-refractivity contribution is 5.98. The van der Waals surface area contributed by atoms with E-state index < -0.39 is 0 Å². The molecule has 0 N–H and O–H groups in total. The van der Waals surface area contributed by atoms with Gasteiger partial charge in [0.05, 0.1) is 6.04 Å². The van der Waals surface area contributed by atoms with Crippen molar-refractivity contribution in [1.82, 2.24) is 9.80 Å². The first-order chi connectivity index (χ1) is 10.7. The summed E-state index contributed by atoms with van der Waals surface area (Å²) in [7, 11) is 0. The Morgan fingerprint density at radius 3 is 2.50 bits per heavy atom. The molecule has 3 rings (SSSR count). The van der Waals surface area contributed by atoms with E-state index in [2.05, 4.69) is 0 Å². The van der Waals surface area contributed by atoms with E-state index in [9.17, 15) is 9.59 Å². The zero-order valence-electron chi connectivity index (χ0n) is 13.2. The molecule has 2 aliphatic rings. The fourth-order valence-electron chi connectivity index (χ4n) is 3.59. The highest BCUT2D eigenvalue weighted by Crippen LogP contribution is 2.34. The number of hydrogen-bond acceptors (Lipinski definition) is 2. The predicted octanol–water partition coefficient (Wildman–Crippen LogP) is 2.33. The molecule has 2 fully saturated rings. The third-order valence-corrected chi connectivity index (χ3v) is 4.78. The second-order valence-electron chi connectivity index (χ2n) is 5.89. The molecule has 2 aliphatic heterocycles. The summed E-state index contributed by atoms with van der Waals surface area (Å²) in [6, 6.07) is 9.55. The molecule has 118 valence electrons. The minimum absolute atomic E-state index is 0.0285. The Morgan fingerprint density at radius 1 is 1.18 bits per heavy atom. The van der Waals surface area contributed by atoms with Gasteiger partial charge in [0.25, 0.3) is 0 Å². The van der Waals surface area contributed by atoms with E-state index in [1.54, 1.807) is 4.90 Å². The molecular weight excluding hydrogens is 278 g/mol. The molecule has 2 atom stereocenters. The molecule has 1 aromatic rings. The Bertz CT molecular complexity index is 556. The number of carbonyl (C=O) groups is 2.